The number of nitrogens with one attached hydrogen (secondary N) is 3. The minimum absolute atomic E-state index is 0.107. The summed E-state index contributed by atoms with van der Waals surface area (Å²) in [6.07, 6.45) is 4.39. The number of nitrogen functional groups attached to an aromatic ring is 1. The summed E-state index contributed by atoms with van der Waals surface area (Å²) < 4.78 is 0. The van der Waals surface area contributed by atoms with E-state index in [9.17, 15) is 0 Å². The summed E-state index contributed by atoms with van der Waals surface area (Å²) in [5.41, 5.74) is 18.4. The third kappa shape index (κ3) is 5.05. The number of nitrogens with zero attached hydrogens (tertiary/aromatic N) is 4. The van der Waals surface area contributed by atoms with E-state index in [0.29, 0.717) is 23.2 Å². The van der Waals surface area contributed by atoms with Crippen molar-refractivity contribution in [2.45, 2.75) is 84.1 Å². The average Bonchev–Trinajstić information content (AvgIpc) is 3.16. The second kappa shape index (κ2) is 9.79. The van der Waals surface area contributed by atoms with E-state index in [0.717, 1.165) is 35.7 Å². The molecule has 1 saturated carbocycles. The van der Waals surface area contributed by atoms with E-state index in [1.807, 2.05) is 18.2 Å². The molecule has 1 aromatic carbocycles. The van der Waals surface area contributed by atoms with Crippen LogP contribution in [0.3, 0.4) is 0 Å². The second-order valence-electron chi connectivity index (χ2n) is 9.50. The van der Waals surface area contributed by atoms with E-state index < -0.39 is 0 Å². The maximum absolute atomic E-state index is 6.39. The Labute approximate surface area is 201 Å². The van der Waals surface area contributed by atoms with Gasteiger partial charge in [-0.05, 0) is 58.2 Å². The fraction of sp³-hybridized carbons (Fsp3) is 0.565. The fourth-order valence-corrected chi connectivity index (χ4v) is 4.48. The number of anilines is 5. The zero-order valence-electron chi connectivity index (χ0n) is 19.9. The molecule has 2 unspecified atom stereocenters. The van der Waals surface area contributed by atoms with Crippen LogP contribution < -0.4 is 37.7 Å². The van der Waals surface area contributed by atoms with Crippen molar-refractivity contribution in [2.75, 3.05) is 26.4 Å². The molecule has 10 heteroatoms. The molecule has 2 heterocycles. The highest BCUT2D eigenvalue weighted by Gasteiger charge is 2.35. The van der Waals surface area contributed by atoms with Crippen molar-refractivity contribution in [3.8, 4) is 0 Å². The van der Waals surface area contributed by atoms with Gasteiger partial charge in [-0.2, -0.15) is 9.97 Å². The molecular weight excluding hydrogens is 438 g/mol. The van der Waals surface area contributed by atoms with E-state index >= 15 is 0 Å². The highest BCUT2D eigenvalue weighted by Crippen LogP contribution is 2.40. The Morgan fingerprint density at radius 3 is 2.52 bits per heavy atom. The predicted molar refractivity (Wildman–Crippen MR) is 137 cm³/mol. The van der Waals surface area contributed by atoms with Gasteiger partial charge in [0.05, 0.1) is 10.7 Å². The smallest absolute Gasteiger partial charge is 0.227 e. The molecule has 2 aromatic rings. The molecule has 2 atom stereocenters. The molecule has 1 aliphatic heterocycles. The summed E-state index contributed by atoms with van der Waals surface area (Å²) in [6, 6.07) is 6.35. The number of fused-ring (bicyclic) bond motifs is 1. The molecule has 4 rings (SSSR count). The lowest BCUT2D eigenvalue weighted by Crippen LogP contribution is -2.50. The first-order chi connectivity index (χ1) is 15.7. The summed E-state index contributed by atoms with van der Waals surface area (Å²) in [4.78, 5) is 9.82. The Morgan fingerprint density at radius 2 is 1.85 bits per heavy atom. The number of halogens is 1. The van der Waals surface area contributed by atoms with Gasteiger partial charge >= 0.3 is 0 Å². The molecule has 1 aliphatic carbocycles. The third-order valence-corrected chi connectivity index (χ3v) is 6.58. The van der Waals surface area contributed by atoms with Gasteiger partial charge in [-0.15, -0.1) is 5.53 Å². The summed E-state index contributed by atoms with van der Waals surface area (Å²) >= 11 is 6.09. The topological polar surface area (TPSA) is 120 Å². The highest BCUT2D eigenvalue weighted by molar-refractivity contribution is 6.33. The van der Waals surface area contributed by atoms with Crippen molar-refractivity contribution in [1.29, 1.82) is 0 Å². The number of aromatic nitrogens is 2. The molecule has 0 spiro atoms. The largest absolute Gasteiger partial charge is 0.398 e. The van der Waals surface area contributed by atoms with Crippen LogP contribution in [0.5, 0.6) is 0 Å². The molecule has 7 N–H and O–H groups in total. The van der Waals surface area contributed by atoms with Gasteiger partial charge in [0.2, 0.25) is 5.95 Å². The number of nitrogens with two attached hydrogens (primary N) is 2. The molecule has 9 nitrogen and oxygen atoms in total. The summed E-state index contributed by atoms with van der Waals surface area (Å²) in [5.74, 6) is 2.19. The van der Waals surface area contributed by atoms with Crippen LogP contribution in [0, 0.1) is 0 Å². The summed E-state index contributed by atoms with van der Waals surface area (Å²) in [7, 11) is 0. The minimum Gasteiger partial charge on any atom is -0.398 e. The molecular formula is C23H36ClN9. The van der Waals surface area contributed by atoms with Crippen LogP contribution in [0.1, 0.15) is 58.9 Å². The van der Waals surface area contributed by atoms with Crippen molar-refractivity contribution in [3.05, 3.63) is 28.8 Å². The van der Waals surface area contributed by atoms with E-state index in [-0.39, 0.29) is 24.2 Å². The van der Waals surface area contributed by atoms with Gasteiger partial charge < -0.3 is 22.1 Å². The van der Waals surface area contributed by atoms with Crippen molar-refractivity contribution < 1.29 is 0 Å². The average molecular weight is 474 g/mol. The van der Waals surface area contributed by atoms with Crippen LogP contribution in [0.4, 0.5) is 29.0 Å². The lowest BCUT2D eigenvalue weighted by atomic mass is 9.91. The Morgan fingerprint density at radius 1 is 1.12 bits per heavy atom. The van der Waals surface area contributed by atoms with Crippen molar-refractivity contribution in [1.82, 2.24) is 15.5 Å². The molecule has 180 valence electrons. The molecule has 0 saturated heterocycles. The van der Waals surface area contributed by atoms with Gasteiger partial charge in [0.25, 0.3) is 0 Å². The van der Waals surface area contributed by atoms with E-state index in [2.05, 4.69) is 53.9 Å². The van der Waals surface area contributed by atoms with Crippen LogP contribution in [-0.2, 0) is 6.54 Å². The number of hydrogen-bond donors (Lipinski definition) is 5. The molecule has 1 fully saturated rings. The van der Waals surface area contributed by atoms with E-state index in [1.165, 1.54) is 12.8 Å². The fourth-order valence-electron chi connectivity index (χ4n) is 4.36. The van der Waals surface area contributed by atoms with Crippen LogP contribution >= 0.6 is 11.6 Å². The second-order valence-corrected chi connectivity index (χ2v) is 9.91. The van der Waals surface area contributed by atoms with Crippen LogP contribution in [0.25, 0.3) is 0 Å². The molecule has 1 aromatic heterocycles. The van der Waals surface area contributed by atoms with Crippen LogP contribution in [0.15, 0.2) is 18.2 Å². The molecule has 33 heavy (non-hydrogen) atoms. The van der Waals surface area contributed by atoms with Gasteiger partial charge in [0, 0.05) is 30.7 Å². The van der Waals surface area contributed by atoms with Gasteiger partial charge in [-0.25, -0.2) is 0 Å². The molecule has 0 radical (unpaired) electrons. The summed E-state index contributed by atoms with van der Waals surface area (Å²) in [5, 5.41) is 11.8. The monoisotopic (exact) mass is 473 g/mol. The quantitative estimate of drug-likeness (QED) is 0.381. The van der Waals surface area contributed by atoms with Crippen molar-refractivity contribution in [3.63, 3.8) is 0 Å². The predicted octanol–water partition coefficient (Wildman–Crippen LogP) is 3.87. The molecule has 0 amide bonds. The highest BCUT2D eigenvalue weighted by atomic mass is 35.5. The van der Waals surface area contributed by atoms with Crippen molar-refractivity contribution in [2.24, 2.45) is 5.73 Å². The number of hydrazine groups is 2. The Bertz CT molecular complexity index is 981. The Hall–Kier alpha value is -2.49. The van der Waals surface area contributed by atoms with Crippen molar-refractivity contribution >= 4 is 40.6 Å². The zero-order valence-corrected chi connectivity index (χ0v) is 20.7. The normalized spacial score (nSPS) is 20.5. The lowest BCUT2D eigenvalue weighted by molar-refractivity contribution is 0.402. The SMILES string of the molecule is CC(C)N1NN(C(C)C)c2c(NCc3ccc(Cl)c(N)c3)nc(NC3CCCCC3N)nc21. The van der Waals surface area contributed by atoms with E-state index in [1.54, 1.807) is 0 Å². The zero-order chi connectivity index (χ0) is 23.7. The first kappa shape index (κ1) is 23.7. The maximum atomic E-state index is 6.39. The van der Waals surface area contributed by atoms with Gasteiger partial charge in [0.1, 0.15) is 5.69 Å². The molecule has 0 bridgehead atoms. The number of rotatable bonds is 7. The standard InChI is InChI=1S/C23H36ClN9/c1-13(2)32-20-21(27-12-15-9-10-16(24)18(26)11-15)29-23(28-19-8-6-5-7-17(19)25)30-22(20)33(31-32)14(3)4/h9-11,13-14,17,19,31H,5-8,12,25-26H2,1-4H3,(H2,27,28,29,30). The molecule has 2 aliphatic rings. The van der Waals surface area contributed by atoms with E-state index in [4.69, 9.17) is 33.0 Å². The van der Waals surface area contributed by atoms with Gasteiger partial charge in [-0.1, -0.05) is 30.5 Å². The summed E-state index contributed by atoms with van der Waals surface area (Å²) in [6.45, 7) is 9.10. The third-order valence-electron chi connectivity index (χ3n) is 6.24. The number of benzene rings is 1. The number of hydrogen-bond acceptors (Lipinski definition) is 9. The minimum atomic E-state index is 0.107. The Kier molecular flexibility index (Phi) is 7.02. The van der Waals surface area contributed by atoms with Gasteiger partial charge in [-0.3, -0.25) is 10.0 Å². The van der Waals surface area contributed by atoms with Crippen LogP contribution in [-0.4, -0.2) is 34.1 Å². The van der Waals surface area contributed by atoms with Gasteiger partial charge in [0.15, 0.2) is 11.6 Å². The first-order valence-corrected chi connectivity index (χ1v) is 12.2. The maximum Gasteiger partial charge on any atom is 0.227 e. The first-order valence-electron chi connectivity index (χ1n) is 11.8. The van der Waals surface area contributed by atoms with Crippen LogP contribution in [0.2, 0.25) is 5.02 Å². The Balaban J connectivity index is 1.69. The lowest BCUT2D eigenvalue weighted by Gasteiger charge is -2.29.